The molecule has 1 heterocycles. The lowest BCUT2D eigenvalue weighted by molar-refractivity contribution is 0.220. The fraction of sp³-hybridized carbons (Fsp3) is 0.917. The summed E-state index contributed by atoms with van der Waals surface area (Å²) >= 11 is 5.46. The van der Waals surface area contributed by atoms with Crippen LogP contribution in [0.25, 0.3) is 0 Å². The third kappa shape index (κ3) is 6.89. The molecule has 0 aromatic carbocycles. The number of hydrogen-bond acceptors (Lipinski definition) is 4. The van der Waals surface area contributed by atoms with Crippen LogP contribution in [0, 0.1) is 0 Å². The Hall–Kier alpha value is 0.550. The van der Waals surface area contributed by atoms with Gasteiger partial charge < -0.3 is 9.80 Å². The summed E-state index contributed by atoms with van der Waals surface area (Å²) in [6, 6.07) is 0. The maximum absolute atomic E-state index is 5.46. The normalized spacial score (nSPS) is 17.4. The molecule has 0 bridgehead atoms. The van der Waals surface area contributed by atoms with Crippen LogP contribution in [0.15, 0.2) is 0 Å². The first-order chi connectivity index (χ1) is 8.24. The highest BCUT2D eigenvalue weighted by Crippen LogP contribution is 2.26. The van der Waals surface area contributed by atoms with Crippen molar-refractivity contribution in [3.8, 4) is 0 Å². The van der Waals surface area contributed by atoms with Crippen LogP contribution in [-0.2, 0) is 0 Å². The lowest BCUT2D eigenvalue weighted by Gasteiger charge is -2.33. The van der Waals surface area contributed by atoms with Gasteiger partial charge in [0.2, 0.25) is 0 Å². The van der Waals surface area contributed by atoms with Gasteiger partial charge in [-0.25, -0.2) is 0 Å². The quantitative estimate of drug-likeness (QED) is 0.419. The van der Waals surface area contributed by atoms with Gasteiger partial charge in [-0.2, -0.15) is 0 Å². The number of nitrogens with zero attached hydrogens (tertiary/aromatic N) is 2. The predicted molar refractivity (Wildman–Crippen MR) is 85.9 cm³/mol. The summed E-state index contributed by atoms with van der Waals surface area (Å²) in [5, 5.41) is 0. The SMILES string of the molecule is CCCCCCSSC(=S)N1CCN(C)CC1. The van der Waals surface area contributed by atoms with E-state index < -0.39 is 0 Å². The van der Waals surface area contributed by atoms with Crippen LogP contribution in [0.3, 0.4) is 0 Å². The first-order valence-corrected chi connectivity index (χ1v) is 9.23. The first-order valence-electron chi connectivity index (χ1n) is 6.51. The Bertz CT molecular complexity index is 216. The van der Waals surface area contributed by atoms with Gasteiger partial charge in [0.05, 0.1) is 0 Å². The Morgan fingerprint density at radius 1 is 1.12 bits per heavy atom. The smallest absolute Gasteiger partial charge is 0.147 e. The van der Waals surface area contributed by atoms with Gasteiger partial charge in [-0.3, -0.25) is 0 Å². The Morgan fingerprint density at radius 2 is 1.82 bits per heavy atom. The molecule has 0 amide bonds. The molecule has 0 aliphatic carbocycles. The fourth-order valence-corrected chi connectivity index (χ4v) is 4.35. The Kier molecular flexibility index (Phi) is 8.70. The predicted octanol–water partition coefficient (Wildman–Crippen LogP) is 3.48. The molecule has 1 rings (SSSR count). The van der Waals surface area contributed by atoms with Gasteiger partial charge >= 0.3 is 0 Å². The van der Waals surface area contributed by atoms with Crippen molar-refractivity contribution in [1.29, 1.82) is 0 Å². The minimum Gasteiger partial charge on any atom is -0.354 e. The van der Waals surface area contributed by atoms with Crippen molar-refractivity contribution in [3.05, 3.63) is 0 Å². The minimum absolute atomic E-state index is 1.08. The maximum Gasteiger partial charge on any atom is 0.147 e. The zero-order valence-corrected chi connectivity index (χ0v) is 13.4. The van der Waals surface area contributed by atoms with E-state index in [4.69, 9.17) is 12.2 Å². The van der Waals surface area contributed by atoms with Gasteiger partial charge in [-0.1, -0.05) is 49.2 Å². The van der Waals surface area contributed by atoms with Gasteiger partial charge in [-0.15, -0.1) is 0 Å². The van der Waals surface area contributed by atoms with Crippen molar-refractivity contribution >= 4 is 38.1 Å². The van der Waals surface area contributed by atoms with Crippen molar-refractivity contribution in [1.82, 2.24) is 9.80 Å². The largest absolute Gasteiger partial charge is 0.354 e. The maximum atomic E-state index is 5.46. The highest BCUT2D eigenvalue weighted by atomic mass is 33.1. The van der Waals surface area contributed by atoms with Gasteiger partial charge in [0.25, 0.3) is 0 Å². The van der Waals surface area contributed by atoms with Crippen molar-refractivity contribution in [2.75, 3.05) is 39.0 Å². The molecule has 1 fully saturated rings. The summed E-state index contributed by atoms with van der Waals surface area (Å²) in [5.74, 6) is 1.23. The Balaban J connectivity index is 2.01. The van der Waals surface area contributed by atoms with E-state index in [0.29, 0.717) is 0 Å². The molecule has 0 atom stereocenters. The van der Waals surface area contributed by atoms with Crippen molar-refractivity contribution in [2.45, 2.75) is 32.6 Å². The number of piperazine rings is 1. The van der Waals surface area contributed by atoms with E-state index in [9.17, 15) is 0 Å². The zero-order chi connectivity index (χ0) is 12.5. The number of likely N-dealkylation sites (N-methyl/N-ethyl adjacent to an activating group) is 1. The molecule has 0 aromatic heterocycles. The van der Waals surface area contributed by atoms with Crippen LogP contribution < -0.4 is 0 Å². The zero-order valence-electron chi connectivity index (χ0n) is 11.0. The summed E-state index contributed by atoms with van der Waals surface area (Å²) in [5.41, 5.74) is 0. The van der Waals surface area contributed by atoms with Gasteiger partial charge in [-0.05, 0) is 24.3 Å². The molecule has 2 nitrogen and oxygen atoms in total. The van der Waals surface area contributed by atoms with Crippen LogP contribution in [0.1, 0.15) is 32.6 Å². The molecule has 0 radical (unpaired) electrons. The average molecular weight is 293 g/mol. The molecule has 0 unspecified atom stereocenters. The number of unbranched alkanes of at least 4 members (excludes halogenated alkanes) is 3. The summed E-state index contributed by atoms with van der Waals surface area (Å²) < 4.78 is 1.08. The van der Waals surface area contributed by atoms with E-state index in [-0.39, 0.29) is 0 Å². The molecular formula is C12H24N2S3. The van der Waals surface area contributed by atoms with E-state index >= 15 is 0 Å². The molecule has 0 spiro atoms. The highest BCUT2D eigenvalue weighted by molar-refractivity contribution is 8.83. The van der Waals surface area contributed by atoms with Gasteiger partial charge in [0, 0.05) is 31.9 Å². The lowest BCUT2D eigenvalue weighted by Crippen LogP contribution is -2.45. The second-order valence-electron chi connectivity index (χ2n) is 4.52. The third-order valence-corrected chi connectivity index (χ3v) is 6.10. The molecule has 100 valence electrons. The van der Waals surface area contributed by atoms with E-state index in [0.717, 1.165) is 30.5 Å². The van der Waals surface area contributed by atoms with Crippen LogP contribution in [0.5, 0.6) is 0 Å². The topological polar surface area (TPSA) is 6.48 Å². The van der Waals surface area contributed by atoms with Crippen molar-refractivity contribution < 1.29 is 0 Å². The monoisotopic (exact) mass is 292 g/mol. The van der Waals surface area contributed by atoms with Crippen LogP contribution in [0.2, 0.25) is 0 Å². The second-order valence-corrected chi connectivity index (χ2v) is 7.57. The highest BCUT2D eigenvalue weighted by Gasteiger charge is 2.16. The van der Waals surface area contributed by atoms with Crippen LogP contribution in [-0.4, -0.2) is 53.1 Å². The molecular weight excluding hydrogens is 268 g/mol. The molecule has 0 saturated carbocycles. The molecule has 5 heteroatoms. The molecule has 0 N–H and O–H groups in total. The molecule has 1 aliphatic heterocycles. The van der Waals surface area contributed by atoms with Crippen LogP contribution in [0.4, 0.5) is 0 Å². The van der Waals surface area contributed by atoms with Crippen molar-refractivity contribution in [2.24, 2.45) is 0 Å². The standard InChI is InChI=1S/C12H24N2S3/c1-3-4-5-6-11-16-17-12(15)14-9-7-13(2)8-10-14/h3-11H2,1-2H3. The fourth-order valence-electron chi connectivity index (χ4n) is 1.72. The minimum atomic E-state index is 1.08. The Morgan fingerprint density at radius 3 is 2.47 bits per heavy atom. The van der Waals surface area contributed by atoms with Crippen molar-refractivity contribution in [3.63, 3.8) is 0 Å². The van der Waals surface area contributed by atoms with E-state index in [1.54, 1.807) is 10.8 Å². The number of rotatable bonds is 6. The molecule has 0 aromatic rings. The summed E-state index contributed by atoms with van der Waals surface area (Å²) in [6.45, 7) is 6.73. The lowest BCUT2D eigenvalue weighted by atomic mass is 10.2. The third-order valence-electron chi connectivity index (χ3n) is 2.97. The Labute approximate surface area is 119 Å². The second kappa shape index (κ2) is 9.48. The number of hydrogen-bond donors (Lipinski definition) is 0. The van der Waals surface area contributed by atoms with Gasteiger partial charge in [0.15, 0.2) is 0 Å². The van der Waals surface area contributed by atoms with Gasteiger partial charge in [0.1, 0.15) is 4.32 Å². The van der Waals surface area contributed by atoms with E-state index in [1.807, 2.05) is 10.8 Å². The first kappa shape index (κ1) is 15.6. The molecule has 17 heavy (non-hydrogen) atoms. The molecule has 1 saturated heterocycles. The molecule has 1 aliphatic rings. The average Bonchev–Trinajstić information content (AvgIpc) is 2.34. The van der Waals surface area contributed by atoms with E-state index in [1.165, 1.54) is 31.4 Å². The summed E-state index contributed by atoms with van der Waals surface area (Å²) in [7, 11) is 5.90. The van der Waals surface area contributed by atoms with E-state index in [2.05, 4.69) is 23.8 Å². The summed E-state index contributed by atoms with van der Waals surface area (Å²) in [6.07, 6.45) is 5.38. The van der Waals surface area contributed by atoms with Crippen LogP contribution >= 0.6 is 33.8 Å². The summed E-state index contributed by atoms with van der Waals surface area (Å²) in [4.78, 5) is 4.71. The number of thiocarbonyl (C=S) groups is 1.